The SMILES string of the molecule is CC(C)(C)N(CCCOCCOCCOCCCNC(=O)CCl)C(=O)O. The Labute approximate surface area is 161 Å². The van der Waals surface area contributed by atoms with E-state index in [9.17, 15) is 9.59 Å². The van der Waals surface area contributed by atoms with Crippen LogP contribution in [-0.4, -0.2) is 86.2 Å². The predicted molar refractivity (Wildman–Crippen MR) is 99.9 cm³/mol. The van der Waals surface area contributed by atoms with Crippen LogP contribution in [0.4, 0.5) is 4.79 Å². The fourth-order valence-electron chi connectivity index (χ4n) is 2.03. The summed E-state index contributed by atoms with van der Waals surface area (Å²) in [5.41, 5.74) is -0.412. The molecule has 0 spiro atoms. The van der Waals surface area contributed by atoms with Gasteiger partial charge in [0, 0.05) is 31.8 Å². The Balaban J connectivity index is 3.36. The first-order valence-corrected chi connectivity index (χ1v) is 9.39. The summed E-state index contributed by atoms with van der Waals surface area (Å²) in [6.07, 6.45) is 0.461. The molecular formula is C17H33ClN2O6. The highest BCUT2D eigenvalue weighted by Crippen LogP contribution is 2.13. The Morgan fingerprint density at radius 3 is 1.92 bits per heavy atom. The van der Waals surface area contributed by atoms with Gasteiger partial charge in [-0.2, -0.15) is 0 Å². The van der Waals surface area contributed by atoms with Gasteiger partial charge in [0.2, 0.25) is 5.91 Å². The molecule has 0 heterocycles. The van der Waals surface area contributed by atoms with E-state index in [0.717, 1.165) is 6.42 Å². The molecule has 0 rings (SSSR count). The maximum Gasteiger partial charge on any atom is 0.407 e. The van der Waals surface area contributed by atoms with E-state index in [1.54, 1.807) is 0 Å². The highest BCUT2D eigenvalue weighted by Gasteiger charge is 2.25. The second kappa shape index (κ2) is 15.0. The second-order valence-corrected chi connectivity index (χ2v) is 6.90. The minimum Gasteiger partial charge on any atom is -0.465 e. The Morgan fingerprint density at radius 2 is 1.46 bits per heavy atom. The molecule has 0 fully saturated rings. The maximum absolute atomic E-state index is 11.2. The van der Waals surface area contributed by atoms with E-state index in [1.807, 2.05) is 20.8 Å². The molecule has 8 nitrogen and oxygen atoms in total. The van der Waals surface area contributed by atoms with E-state index >= 15 is 0 Å². The lowest BCUT2D eigenvalue weighted by atomic mass is 10.1. The predicted octanol–water partition coefficient (Wildman–Crippen LogP) is 1.95. The molecule has 0 aliphatic rings. The van der Waals surface area contributed by atoms with E-state index < -0.39 is 11.6 Å². The minimum absolute atomic E-state index is 0.0226. The molecule has 0 bridgehead atoms. The van der Waals surface area contributed by atoms with Crippen LogP contribution in [0.2, 0.25) is 0 Å². The van der Waals surface area contributed by atoms with Gasteiger partial charge in [-0.3, -0.25) is 4.79 Å². The molecule has 0 saturated heterocycles. The lowest BCUT2D eigenvalue weighted by Crippen LogP contribution is -2.45. The normalized spacial score (nSPS) is 11.4. The van der Waals surface area contributed by atoms with Crippen molar-refractivity contribution in [3.05, 3.63) is 0 Å². The maximum atomic E-state index is 11.2. The van der Waals surface area contributed by atoms with Crippen molar-refractivity contribution in [3.63, 3.8) is 0 Å². The topological polar surface area (TPSA) is 97.3 Å². The summed E-state index contributed by atoms with van der Waals surface area (Å²) in [6.45, 7) is 9.55. The van der Waals surface area contributed by atoms with Crippen LogP contribution in [0.5, 0.6) is 0 Å². The number of carboxylic acid groups (broad SMARTS) is 1. The highest BCUT2D eigenvalue weighted by atomic mass is 35.5. The summed E-state index contributed by atoms with van der Waals surface area (Å²) in [4.78, 5) is 23.5. The van der Waals surface area contributed by atoms with Gasteiger partial charge in [0.1, 0.15) is 5.88 Å². The number of halogens is 1. The third-order valence-electron chi connectivity index (χ3n) is 3.36. The second-order valence-electron chi connectivity index (χ2n) is 6.63. The van der Waals surface area contributed by atoms with E-state index in [2.05, 4.69) is 5.32 Å². The molecule has 26 heavy (non-hydrogen) atoms. The largest absolute Gasteiger partial charge is 0.465 e. The van der Waals surface area contributed by atoms with Crippen molar-refractivity contribution in [1.82, 2.24) is 10.2 Å². The molecule has 0 atom stereocenters. The van der Waals surface area contributed by atoms with Crippen molar-refractivity contribution < 1.29 is 28.9 Å². The fourth-order valence-corrected chi connectivity index (χ4v) is 2.13. The number of nitrogens with one attached hydrogen (secondary N) is 1. The van der Waals surface area contributed by atoms with Gasteiger partial charge >= 0.3 is 6.09 Å². The number of hydrogen-bond acceptors (Lipinski definition) is 5. The number of nitrogens with zero attached hydrogens (tertiary/aromatic N) is 1. The third-order valence-corrected chi connectivity index (χ3v) is 3.61. The summed E-state index contributed by atoms with van der Waals surface area (Å²) in [6, 6.07) is 0. The molecule has 2 amide bonds. The van der Waals surface area contributed by atoms with Gasteiger partial charge in [-0.15, -0.1) is 11.6 Å². The molecule has 0 aromatic rings. The van der Waals surface area contributed by atoms with Gasteiger partial charge in [0.15, 0.2) is 0 Å². The van der Waals surface area contributed by atoms with Crippen LogP contribution in [-0.2, 0) is 19.0 Å². The molecule has 0 unspecified atom stereocenters. The van der Waals surface area contributed by atoms with Crippen molar-refractivity contribution in [3.8, 4) is 0 Å². The van der Waals surface area contributed by atoms with Crippen molar-refractivity contribution in [2.45, 2.75) is 39.2 Å². The number of hydrogen-bond donors (Lipinski definition) is 2. The average molecular weight is 397 g/mol. The molecule has 0 saturated carbocycles. The molecule has 0 aromatic carbocycles. The number of alkyl halides is 1. The van der Waals surface area contributed by atoms with Crippen molar-refractivity contribution >= 4 is 23.6 Å². The first kappa shape index (κ1) is 24.9. The van der Waals surface area contributed by atoms with Gasteiger partial charge in [-0.1, -0.05) is 0 Å². The summed E-state index contributed by atoms with van der Waals surface area (Å²) in [5, 5.41) is 11.8. The van der Waals surface area contributed by atoms with Crippen LogP contribution in [0.15, 0.2) is 0 Å². The Hall–Kier alpha value is -1.09. The number of amides is 2. The summed E-state index contributed by atoms with van der Waals surface area (Å²) in [5.74, 6) is -0.199. The molecule has 9 heteroatoms. The van der Waals surface area contributed by atoms with Crippen LogP contribution in [0, 0.1) is 0 Å². The van der Waals surface area contributed by atoms with Crippen LogP contribution in [0.1, 0.15) is 33.6 Å². The van der Waals surface area contributed by atoms with Gasteiger partial charge < -0.3 is 29.5 Å². The Morgan fingerprint density at radius 1 is 0.962 bits per heavy atom. The zero-order chi connectivity index (χ0) is 19.8. The average Bonchev–Trinajstić information content (AvgIpc) is 2.56. The van der Waals surface area contributed by atoms with Crippen LogP contribution >= 0.6 is 11.6 Å². The summed E-state index contributed by atoms with van der Waals surface area (Å²) in [7, 11) is 0. The standard InChI is InChI=1S/C17H33ClN2O6/c1-17(2,3)20(16(22)23)7-5-9-25-11-13-26-12-10-24-8-4-6-19-15(21)14-18/h4-14H2,1-3H3,(H,19,21)(H,22,23). The Kier molecular flexibility index (Phi) is 14.4. The van der Waals surface area contributed by atoms with E-state index in [4.69, 9.17) is 30.9 Å². The van der Waals surface area contributed by atoms with Crippen molar-refractivity contribution in [2.75, 3.05) is 58.6 Å². The van der Waals surface area contributed by atoms with E-state index in [-0.39, 0.29) is 11.8 Å². The van der Waals surface area contributed by atoms with Gasteiger partial charge in [-0.05, 0) is 33.6 Å². The van der Waals surface area contributed by atoms with Crippen LogP contribution < -0.4 is 5.32 Å². The molecule has 2 N–H and O–H groups in total. The molecular weight excluding hydrogens is 364 g/mol. The first-order valence-electron chi connectivity index (χ1n) is 8.85. The molecule has 0 aliphatic carbocycles. The number of carbonyl (C=O) groups excluding carboxylic acids is 1. The van der Waals surface area contributed by atoms with Crippen LogP contribution in [0.3, 0.4) is 0 Å². The van der Waals surface area contributed by atoms with E-state index in [1.165, 1.54) is 4.90 Å². The van der Waals surface area contributed by atoms with Crippen molar-refractivity contribution in [1.29, 1.82) is 0 Å². The van der Waals surface area contributed by atoms with Gasteiger partial charge in [-0.25, -0.2) is 4.79 Å². The third kappa shape index (κ3) is 14.1. The smallest absolute Gasteiger partial charge is 0.407 e. The number of rotatable bonds is 15. The molecule has 0 aliphatic heterocycles. The van der Waals surface area contributed by atoms with Crippen molar-refractivity contribution in [2.24, 2.45) is 0 Å². The van der Waals surface area contributed by atoms with E-state index in [0.29, 0.717) is 59.2 Å². The number of ether oxygens (including phenoxy) is 3. The quantitative estimate of drug-likeness (QED) is 0.324. The van der Waals surface area contributed by atoms with Gasteiger partial charge in [0.05, 0.1) is 26.4 Å². The molecule has 154 valence electrons. The lowest BCUT2D eigenvalue weighted by molar-refractivity contribution is -0.118. The zero-order valence-electron chi connectivity index (χ0n) is 16.1. The summed E-state index contributed by atoms with van der Waals surface area (Å²) < 4.78 is 16.2. The highest BCUT2D eigenvalue weighted by molar-refractivity contribution is 6.27. The Bertz CT molecular complexity index is 390. The fraction of sp³-hybridized carbons (Fsp3) is 0.882. The number of carbonyl (C=O) groups is 2. The van der Waals surface area contributed by atoms with Gasteiger partial charge in [0.25, 0.3) is 0 Å². The molecule has 0 aromatic heterocycles. The first-order chi connectivity index (χ1) is 12.3. The summed E-state index contributed by atoms with van der Waals surface area (Å²) >= 11 is 5.35. The monoisotopic (exact) mass is 396 g/mol. The minimum atomic E-state index is -0.915. The molecule has 0 radical (unpaired) electrons. The van der Waals surface area contributed by atoms with Crippen LogP contribution in [0.25, 0.3) is 0 Å². The zero-order valence-corrected chi connectivity index (χ0v) is 16.8. The lowest BCUT2D eigenvalue weighted by Gasteiger charge is -2.33.